The highest BCUT2D eigenvalue weighted by Gasteiger charge is 2.25. The van der Waals surface area contributed by atoms with E-state index in [1.807, 2.05) is 0 Å². The second kappa shape index (κ2) is 5.48. The van der Waals surface area contributed by atoms with E-state index in [-0.39, 0.29) is 15.2 Å². The Labute approximate surface area is 117 Å². The maximum absolute atomic E-state index is 13.6. The number of hydrogen-bond donors (Lipinski definition) is 1. The molecule has 2 rings (SSSR count). The van der Waals surface area contributed by atoms with E-state index in [2.05, 4.69) is 0 Å². The van der Waals surface area contributed by atoms with Crippen LogP contribution in [0.15, 0.2) is 12.1 Å². The van der Waals surface area contributed by atoms with Crippen LogP contribution in [0.2, 0.25) is 0 Å². The number of benzene rings is 1. The standard InChI is InChI=1S/C12H13F2IN2O/c13-9-5-10(14)11(15)4-8(9)12(18)17-3-1-2-7(16)6-17/h4-5,7H,1-3,6,16H2/t7-/m1/s1. The summed E-state index contributed by atoms with van der Waals surface area (Å²) in [5.74, 6) is -1.89. The molecule has 0 radical (unpaired) electrons. The van der Waals surface area contributed by atoms with Gasteiger partial charge in [0.2, 0.25) is 0 Å². The van der Waals surface area contributed by atoms with Gasteiger partial charge in [-0.2, -0.15) is 0 Å². The van der Waals surface area contributed by atoms with Gasteiger partial charge in [-0.1, -0.05) is 0 Å². The molecule has 1 saturated heterocycles. The van der Waals surface area contributed by atoms with Crippen molar-refractivity contribution >= 4 is 28.5 Å². The molecule has 98 valence electrons. The summed E-state index contributed by atoms with van der Waals surface area (Å²) < 4.78 is 27.0. The normalized spacial score (nSPS) is 20.0. The van der Waals surface area contributed by atoms with Gasteiger partial charge in [0.1, 0.15) is 11.6 Å². The minimum atomic E-state index is -0.822. The highest BCUT2D eigenvalue weighted by molar-refractivity contribution is 14.1. The first-order valence-corrected chi connectivity index (χ1v) is 6.76. The van der Waals surface area contributed by atoms with Gasteiger partial charge >= 0.3 is 0 Å². The number of nitrogens with zero attached hydrogens (tertiary/aromatic N) is 1. The number of hydrogen-bond acceptors (Lipinski definition) is 2. The molecule has 0 bridgehead atoms. The minimum absolute atomic E-state index is 0.0646. The van der Waals surface area contributed by atoms with Gasteiger partial charge in [0, 0.05) is 28.8 Å². The molecule has 3 nitrogen and oxygen atoms in total. The monoisotopic (exact) mass is 366 g/mol. The third-order valence-electron chi connectivity index (χ3n) is 2.99. The number of nitrogens with two attached hydrogens (primary N) is 1. The molecule has 1 aliphatic heterocycles. The van der Waals surface area contributed by atoms with Gasteiger partial charge in [-0.05, 0) is 41.5 Å². The number of likely N-dealkylation sites (tertiary alicyclic amines) is 1. The van der Waals surface area contributed by atoms with Gasteiger partial charge < -0.3 is 10.6 Å². The SMILES string of the molecule is N[C@@H]1CCCN(C(=O)c2cc(I)c(F)cc2F)C1. The van der Waals surface area contributed by atoms with Crippen LogP contribution in [0.1, 0.15) is 23.2 Å². The van der Waals surface area contributed by atoms with Gasteiger partial charge in [-0.25, -0.2) is 8.78 Å². The van der Waals surface area contributed by atoms with Gasteiger partial charge in [0.15, 0.2) is 0 Å². The largest absolute Gasteiger partial charge is 0.337 e. The van der Waals surface area contributed by atoms with Crippen molar-refractivity contribution < 1.29 is 13.6 Å². The summed E-state index contributed by atoms with van der Waals surface area (Å²) >= 11 is 1.74. The molecule has 1 aromatic carbocycles. The lowest BCUT2D eigenvalue weighted by atomic mass is 10.1. The average molecular weight is 366 g/mol. The van der Waals surface area contributed by atoms with Crippen LogP contribution in [0.4, 0.5) is 8.78 Å². The number of amides is 1. The zero-order valence-corrected chi connectivity index (χ0v) is 11.8. The molecule has 18 heavy (non-hydrogen) atoms. The van der Waals surface area contributed by atoms with Crippen molar-refractivity contribution in [3.63, 3.8) is 0 Å². The van der Waals surface area contributed by atoms with Crippen LogP contribution < -0.4 is 5.73 Å². The highest BCUT2D eigenvalue weighted by Crippen LogP contribution is 2.20. The first kappa shape index (κ1) is 13.7. The Morgan fingerprint density at radius 1 is 1.39 bits per heavy atom. The van der Waals surface area contributed by atoms with Crippen LogP contribution in [0.3, 0.4) is 0 Å². The Morgan fingerprint density at radius 2 is 2.11 bits per heavy atom. The molecule has 1 atom stereocenters. The van der Waals surface area contributed by atoms with Crippen LogP contribution in [0.5, 0.6) is 0 Å². The van der Waals surface area contributed by atoms with Crippen LogP contribution in [-0.2, 0) is 0 Å². The number of piperidine rings is 1. The Hall–Kier alpha value is -0.760. The zero-order chi connectivity index (χ0) is 13.3. The molecule has 0 aliphatic carbocycles. The van der Waals surface area contributed by atoms with E-state index >= 15 is 0 Å². The van der Waals surface area contributed by atoms with Crippen molar-refractivity contribution in [1.82, 2.24) is 4.90 Å². The minimum Gasteiger partial charge on any atom is -0.337 e. The third-order valence-corrected chi connectivity index (χ3v) is 3.81. The summed E-state index contributed by atoms with van der Waals surface area (Å²) in [7, 11) is 0. The molecule has 1 aliphatic rings. The molecular formula is C12H13F2IN2O. The summed E-state index contributed by atoms with van der Waals surface area (Å²) in [5.41, 5.74) is 5.70. The topological polar surface area (TPSA) is 46.3 Å². The lowest BCUT2D eigenvalue weighted by Crippen LogP contribution is -2.45. The molecule has 0 spiro atoms. The average Bonchev–Trinajstić information content (AvgIpc) is 2.33. The van der Waals surface area contributed by atoms with E-state index in [9.17, 15) is 13.6 Å². The Balaban J connectivity index is 2.25. The molecule has 1 fully saturated rings. The lowest BCUT2D eigenvalue weighted by Gasteiger charge is -2.30. The molecule has 1 aromatic rings. The maximum Gasteiger partial charge on any atom is 0.256 e. The Kier molecular flexibility index (Phi) is 4.16. The van der Waals surface area contributed by atoms with Crippen molar-refractivity contribution in [2.45, 2.75) is 18.9 Å². The summed E-state index contributed by atoms with van der Waals surface area (Å²) in [6.07, 6.45) is 1.68. The fourth-order valence-electron chi connectivity index (χ4n) is 2.05. The van der Waals surface area contributed by atoms with Crippen molar-refractivity contribution in [3.8, 4) is 0 Å². The van der Waals surface area contributed by atoms with Crippen molar-refractivity contribution in [1.29, 1.82) is 0 Å². The summed E-state index contributed by atoms with van der Waals surface area (Å²) in [6, 6.07) is 1.93. The number of halogens is 3. The molecule has 6 heteroatoms. The Morgan fingerprint density at radius 3 is 2.78 bits per heavy atom. The molecule has 1 amide bonds. The van der Waals surface area contributed by atoms with Crippen LogP contribution >= 0.6 is 22.6 Å². The molecule has 0 aromatic heterocycles. The van der Waals surface area contributed by atoms with Crippen LogP contribution in [0.25, 0.3) is 0 Å². The predicted molar refractivity (Wildman–Crippen MR) is 72.2 cm³/mol. The number of carbonyl (C=O) groups is 1. The number of rotatable bonds is 1. The van der Waals surface area contributed by atoms with E-state index in [0.717, 1.165) is 18.9 Å². The second-order valence-corrected chi connectivity index (χ2v) is 5.56. The molecule has 0 saturated carbocycles. The lowest BCUT2D eigenvalue weighted by molar-refractivity contribution is 0.0704. The molecule has 1 heterocycles. The van der Waals surface area contributed by atoms with E-state index in [4.69, 9.17) is 5.73 Å². The van der Waals surface area contributed by atoms with Crippen molar-refractivity contribution in [2.75, 3.05) is 13.1 Å². The number of carbonyl (C=O) groups excluding carboxylic acids is 1. The highest BCUT2D eigenvalue weighted by atomic mass is 127. The van der Waals surface area contributed by atoms with Gasteiger partial charge in [0.05, 0.1) is 5.56 Å². The van der Waals surface area contributed by atoms with Crippen LogP contribution in [-0.4, -0.2) is 29.9 Å². The fourth-order valence-corrected chi connectivity index (χ4v) is 2.52. The quantitative estimate of drug-likeness (QED) is 0.612. The van der Waals surface area contributed by atoms with E-state index in [0.29, 0.717) is 13.1 Å². The fraction of sp³-hybridized carbons (Fsp3) is 0.417. The van der Waals surface area contributed by atoms with Gasteiger partial charge in [0.25, 0.3) is 5.91 Å². The first-order valence-electron chi connectivity index (χ1n) is 5.68. The molecule has 2 N–H and O–H groups in total. The van der Waals surface area contributed by atoms with Crippen LogP contribution in [0, 0.1) is 15.2 Å². The zero-order valence-electron chi connectivity index (χ0n) is 9.63. The van der Waals surface area contributed by atoms with Gasteiger partial charge in [-0.3, -0.25) is 4.79 Å². The second-order valence-electron chi connectivity index (χ2n) is 4.40. The smallest absolute Gasteiger partial charge is 0.256 e. The summed E-state index contributed by atoms with van der Waals surface area (Å²) in [4.78, 5) is 13.7. The predicted octanol–water partition coefficient (Wildman–Crippen LogP) is 2.13. The third kappa shape index (κ3) is 2.80. The van der Waals surface area contributed by atoms with Crippen molar-refractivity contribution in [2.24, 2.45) is 5.73 Å². The van der Waals surface area contributed by atoms with E-state index in [1.54, 1.807) is 22.6 Å². The summed E-state index contributed by atoms with van der Waals surface area (Å²) in [5, 5.41) is 0. The van der Waals surface area contributed by atoms with Gasteiger partial charge in [-0.15, -0.1) is 0 Å². The maximum atomic E-state index is 13.6. The van der Waals surface area contributed by atoms with Crippen molar-refractivity contribution in [3.05, 3.63) is 32.9 Å². The first-order chi connectivity index (χ1) is 8.49. The molecule has 0 unspecified atom stereocenters. The van der Waals surface area contributed by atoms with E-state index in [1.165, 1.54) is 11.0 Å². The summed E-state index contributed by atoms with van der Waals surface area (Å²) in [6.45, 7) is 0.992. The Bertz CT molecular complexity index is 481. The van der Waals surface area contributed by atoms with E-state index < -0.39 is 17.5 Å². The molecular weight excluding hydrogens is 353 g/mol.